The van der Waals surface area contributed by atoms with E-state index in [9.17, 15) is 9.90 Å². The zero-order valence-corrected chi connectivity index (χ0v) is 14.1. The Bertz CT molecular complexity index is 529. The van der Waals surface area contributed by atoms with Crippen LogP contribution in [0, 0.1) is 6.92 Å². The zero-order valence-electron chi connectivity index (χ0n) is 14.1. The lowest BCUT2D eigenvalue weighted by molar-refractivity contribution is -0.129. The lowest BCUT2D eigenvalue weighted by atomic mass is 9.94. The highest BCUT2D eigenvalue weighted by Gasteiger charge is 2.28. The lowest BCUT2D eigenvalue weighted by Gasteiger charge is -2.37. The number of amides is 1. The minimum atomic E-state index is -0.455. The van der Waals surface area contributed by atoms with Crippen LogP contribution in [0.25, 0.3) is 0 Å². The summed E-state index contributed by atoms with van der Waals surface area (Å²) in [5.74, 6) is 0.192. The van der Waals surface area contributed by atoms with Crippen molar-refractivity contribution >= 4 is 5.91 Å². The smallest absolute Gasteiger partial charge is 0.222 e. The minimum absolute atomic E-state index is 0.192. The Morgan fingerprint density at radius 1 is 1.13 bits per heavy atom. The molecule has 2 heterocycles. The second kappa shape index (κ2) is 7.45. The average Bonchev–Trinajstić information content (AvgIpc) is 2.94. The van der Waals surface area contributed by atoms with Crippen molar-refractivity contribution in [2.75, 3.05) is 26.2 Å². The van der Waals surface area contributed by atoms with E-state index in [0.29, 0.717) is 25.6 Å². The van der Waals surface area contributed by atoms with Gasteiger partial charge in [0.2, 0.25) is 5.91 Å². The standard InChI is InChI=1S/C19H28N2O2/c1-15-7-9-16(10-8-15)18-5-2-3-11-20(18)13-17(22)14-21-12-4-6-19(21)23/h7-10,17-18,22H,2-6,11-14H2,1H3. The third-order valence-electron chi connectivity index (χ3n) is 5.12. The molecule has 1 aromatic rings. The van der Waals surface area contributed by atoms with Crippen LogP contribution in [0.3, 0.4) is 0 Å². The predicted octanol–water partition coefficient (Wildman–Crippen LogP) is 2.51. The van der Waals surface area contributed by atoms with Crippen LogP contribution in [0.2, 0.25) is 0 Å². The summed E-state index contributed by atoms with van der Waals surface area (Å²) in [4.78, 5) is 15.9. The van der Waals surface area contributed by atoms with Gasteiger partial charge in [0.15, 0.2) is 0 Å². The van der Waals surface area contributed by atoms with Crippen molar-refractivity contribution in [3.8, 4) is 0 Å². The van der Waals surface area contributed by atoms with Gasteiger partial charge in [-0.3, -0.25) is 9.69 Å². The van der Waals surface area contributed by atoms with Crippen molar-refractivity contribution in [3.63, 3.8) is 0 Å². The maximum Gasteiger partial charge on any atom is 0.222 e. The van der Waals surface area contributed by atoms with E-state index < -0.39 is 6.10 Å². The molecular formula is C19H28N2O2. The number of aliphatic hydroxyl groups is 1. The van der Waals surface area contributed by atoms with Crippen LogP contribution < -0.4 is 0 Å². The molecule has 2 fully saturated rings. The predicted molar refractivity (Wildman–Crippen MR) is 91.2 cm³/mol. The number of aliphatic hydroxyl groups excluding tert-OH is 1. The lowest BCUT2D eigenvalue weighted by Crippen LogP contribution is -2.43. The molecular weight excluding hydrogens is 288 g/mol. The van der Waals surface area contributed by atoms with Crippen LogP contribution in [0.15, 0.2) is 24.3 Å². The van der Waals surface area contributed by atoms with Crippen LogP contribution in [0.5, 0.6) is 0 Å². The first-order valence-electron chi connectivity index (χ1n) is 8.90. The first-order chi connectivity index (χ1) is 11.1. The van der Waals surface area contributed by atoms with E-state index in [1.54, 1.807) is 0 Å². The average molecular weight is 316 g/mol. The van der Waals surface area contributed by atoms with E-state index in [4.69, 9.17) is 0 Å². The minimum Gasteiger partial charge on any atom is -0.390 e. The molecule has 0 radical (unpaired) electrons. The van der Waals surface area contributed by atoms with Crippen molar-refractivity contribution in [2.24, 2.45) is 0 Å². The highest BCUT2D eigenvalue weighted by molar-refractivity contribution is 5.78. The van der Waals surface area contributed by atoms with Gasteiger partial charge < -0.3 is 10.0 Å². The zero-order chi connectivity index (χ0) is 16.2. The molecule has 0 aromatic heterocycles. The summed E-state index contributed by atoms with van der Waals surface area (Å²) in [7, 11) is 0. The summed E-state index contributed by atoms with van der Waals surface area (Å²) >= 11 is 0. The van der Waals surface area contributed by atoms with Gasteiger partial charge in [0.25, 0.3) is 0 Å². The van der Waals surface area contributed by atoms with Gasteiger partial charge in [0.1, 0.15) is 0 Å². The Morgan fingerprint density at radius 2 is 1.91 bits per heavy atom. The van der Waals surface area contributed by atoms with Crippen molar-refractivity contribution in [3.05, 3.63) is 35.4 Å². The highest BCUT2D eigenvalue weighted by atomic mass is 16.3. The maximum atomic E-state index is 11.7. The monoisotopic (exact) mass is 316 g/mol. The molecule has 2 atom stereocenters. The molecule has 3 rings (SSSR count). The van der Waals surface area contributed by atoms with Gasteiger partial charge in [-0.1, -0.05) is 36.2 Å². The summed E-state index contributed by atoms with van der Waals surface area (Å²) < 4.78 is 0. The van der Waals surface area contributed by atoms with Gasteiger partial charge in [0, 0.05) is 32.1 Å². The van der Waals surface area contributed by atoms with E-state index in [2.05, 4.69) is 36.1 Å². The number of likely N-dealkylation sites (tertiary alicyclic amines) is 2. The molecule has 1 amide bonds. The summed E-state index contributed by atoms with van der Waals surface area (Å²) in [5, 5.41) is 10.5. The van der Waals surface area contributed by atoms with Gasteiger partial charge in [-0.05, 0) is 38.3 Å². The third-order valence-corrected chi connectivity index (χ3v) is 5.12. The molecule has 23 heavy (non-hydrogen) atoms. The Labute approximate surface area is 139 Å². The molecule has 4 heteroatoms. The van der Waals surface area contributed by atoms with Gasteiger partial charge >= 0.3 is 0 Å². The van der Waals surface area contributed by atoms with Crippen LogP contribution in [0.4, 0.5) is 0 Å². The fraction of sp³-hybridized carbons (Fsp3) is 0.632. The number of rotatable bonds is 5. The maximum absolute atomic E-state index is 11.7. The van der Waals surface area contributed by atoms with E-state index in [0.717, 1.165) is 25.9 Å². The Morgan fingerprint density at radius 3 is 2.61 bits per heavy atom. The van der Waals surface area contributed by atoms with Crippen LogP contribution >= 0.6 is 0 Å². The molecule has 0 saturated carbocycles. The molecule has 2 unspecified atom stereocenters. The number of piperidine rings is 1. The van der Waals surface area contributed by atoms with E-state index >= 15 is 0 Å². The molecule has 4 nitrogen and oxygen atoms in total. The molecule has 0 spiro atoms. The molecule has 0 bridgehead atoms. The third kappa shape index (κ3) is 4.12. The normalized spacial score (nSPS) is 24.2. The number of hydrogen-bond donors (Lipinski definition) is 1. The van der Waals surface area contributed by atoms with Crippen LogP contribution in [0.1, 0.15) is 49.3 Å². The fourth-order valence-corrected chi connectivity index (χ4v) is 3.86. The van der Waals surface area contributed by atoms with Crippen molar-refractivity contribution in [1.29, 1.82) is 0 Å². The van der Waals surface area contributed by atoms with Crippen LogP contribution in [-0.2, 0) is 4.79 Å². The van der Waals surface area contributed by atoms with Crippen molar-refractivity contribution < 1.29 is 9.90 Å². The van der Waals surface area contributed by atoms with Gasteiger partial charge in [0.05, 0.1) is 6.10 Å². The van der Waals surface area contributed by atoms with Crippen molar-refractivity contribution in [1.82, 2.24) is 9.80 Å². The molecule has 1 N–H and O–H groups in total. The first kappa shape index (κ1) is 16.5. The number of β-amino-alcohol motifs (C(OH)–C–C–N with tert-alkyl or cyclic N) is 1. The Kier molecular flexibility index (Phi) is 5.34. The second-order valence-corrected chi connectivity index (χ2v) is 7.01. The second-order valence-electron chi connectivity index (χ2n) is 7.01. The van der Waals surface area contributed by atoms with Crippen LogP contribution in [-0.4, -0.2) is 53.1 Å². The van der Waals surface area contributed by atoms with Gasteiger partial charge in [-0.15, -0.1) is 0 Å². The summed E-state index contributed by atoms with van der Waals surface area (Å²) in [6, 6.07) is 9.17. The van der Waals surface area contributed by atoms with Gasteiger partial charge in [-0.25, -0.2) is 0 Å². The fourth-order valence-electron chi connectivity index (χ4n) is 3.86. The quantitative estimate of drug-likeness (QED) is 0.908. The van der Waals surface area contributed by atoms with Crippen molar-refractivity contribution in [2.45, 2.75) is 51.2 Å². The number of hydrogen-bond acceptors (Lipinski definition) is 3. The molecule has 0 aliphatic carbocycles. The Balaban J connectivity index is 1.61. The number of carbonyl (C=O) groups is 1. The molecule has 1 aromatic carbocycles. The highest BCUT2D eigenvalue weighted by Crippen LogP contribution is 2.31. The number of benzene rings is 1. The first-order valence-corrected chi connectivity index (χ1v) is 8.90. The van der Waals surface area contributed by atoms with E-state index in [-0.39, 0.29) is 5.91 Å². The summed E-state index contributed by atoms with van der Waals surface area (Å²) in [6.45, 7) is 5.08. The molecule has 2 aliphatic rings. The van der Waals surface area contributed by atoms with E-state index in [1.165, 1.54) is 24.0 Å². The molecule has 126 valence electrons. The number of aryl methyl sites for hydroxylation is 1. The largest absolute Gasteiger partial charge is 0.390 e. The Hall–Kier alpha value is -1.39. The topological polar surface area (TPSA) is 43.8 Å². The molecule has 2 saturated heterocycles. The number of carbonyl (C=O) groups excluding carboxylic acids is 1. The SMILES string of the molecule is Cc1ccc(C2CCCCN2CC(O)CN2CCCC2=O)cc1. The summed E-state index contributed by atoms with van der Waals surface area (Å²) in [6.07, 6.45) is 4.71. The summed E-state index contributed by atoms with van der Waals surface area (Å²) in [5.41, 5.74) is 2.63. The van der Waals surface area contributed by atoms with E-state index in [1.807, 2.05) is 4.90 Å². The number of nitrogens with zero attached hydrogens (tertiary/aromatic N) is 2. The molecule has 2 aliphatic heterocycles. The van der Waals surface area contributed by atoms with Gasteiger partial charge in [-0.2, -0.15) is 0 Å².